The minimum absolute atomic E-state index is 0.202. The van der Waals surface area contributed by atoms with Gasteiger partial charge in [-0.2, -0.15) is 0 Å². The summed E-state index contributed by atoms with van der Waals surface area (Å²) in [6.45, 7) is 0. The Bertz CT molecular complexity index is 1910. The smallest absolute Gasteiger partial charge is 0.255 e. The normalized spacial score (nSPS) is 11.5. The molecule has 6 rings (SSSR count). The number of aromatic amines is 1. The molecule has 1 amide bonds. The van der Waals surface area contributed by atoms with E-state index in [1.807, 2.05) is 91.0 Å². The summed E-state index contributed by atoms with van der Waals surface area (Å²) in [4.78, 5) is 29.9. The topological polar surface area (TPSA) is 82.5 Å². The number of H-pyrrole nitrogens is 1. The van der Waals surface area contributed by atoms with Crippen molar-refractivity contribution >= 4 is 69.6 Å². The molecular weight excluding hydrogens is 565 g/mol. The molecule has 42 heavy (non-hydrogen) atoms. The molecular formula is C34H23Cl2N5O. The average Bonchev–Trinajstić information content (AvgIpc) is 3.45. The van der Waals surface area contributed by atoms with Crippen molar-refractivity contribution in [2.24, 2.45) is 9.98 Å². The van der Waals surface area contributed by atoms with Crippen molar-refractivity contribution in [2.75, 3.05) is 5.32 Å². The summed E-state index contributed by atoms with van der Waals surface area (Å²) in [6, 6.07) is 35.4. The number of nitrogens with zero attached hydrogens (tertiary/aromatic N) is 3. The minimum atomic E-state index is -0.202. The number of hydrogen-bond donors (Lipinski definition) is 2. The van der Waals surface area contributed by atoms with Gasteiger partial charge in [-0.1, -0.05) is 47.5 Å². The first-order valence-electron chi connectivity index (χ1n) is 13.1. The van der Waals surface area contributed by atoms with Gasteiger partial charge < -0.3 is 10.3 Å². The summed E-state index contributed by atoms with van der Waals surface area (Å²) in [6.07, 6.45) is 3.55. The van der Waals surface area contributed by atoms with E-state index in [1.54, 1.807) is 36.7 Å². The molecule has 1 aromatic heterocycles. The summed E-state index contributed by atoms with van der Waals surface area (Å²) in [5, 5.41) is 4.31. The van der Waals surface area contributed by atoms with Gasteiger partial charge >= 0.3 is 0 Å². The molecule has 0 saturated heterocycles. The molecule has 0 fully saturated rings. The third-order valence-corrected chi connectivity index (χ3v) is 6.98. The predicted molar refractivity (Wildman–Crippen MR) is 173 cm³/mol. The summed E-state index contributed by atoms with van der Waals surface area (Å²) in [5.41, 5.74) is 7.31. The molecule has 8 heteroatoms. The van der Waals surface area contributed by atoms with Gasteiger partial charge in [-0.05, 0) is 102 Å². The van der Waals surface area contributed by atoms with Gasteiger partial charge in [-0.15, -0.1) is 0 Å². The Morgan fingerprint density at radius 3 is 1.88 bits per heavy atom. The molecule has 0 bridgehead atoms. The molecule has 6 nitrogen and oxygen atoms in total. The molecule has 5 aromatic carbocycles. The first-order valence-corrected chi connectivity index (χ1v) is 13.8. The number of benzene rings is 5. The van der Waals surface area contributed by atoms with Crippen LogP contribution in [0.5, 0.6) is 0 Å². The third-order valence-electron chi connectivity index (χ3n) is 6.48. The lowest BCUT2D eigenvalue weighted by Crippen LogP contribution is -2.11. The predicted octanol–water partition coefficient (Wildman–Crippen LogP) is 9.29. The zero-order valence-corrected chi connectivity index (χ0v) is 23.6. The second kappa shape index (κ2) is 12.2. The van der Waals surface area contributed by atoms with Crippen LogP contribution in [0.15, 0.2) is 125 Å². The Labute approximate surface area is 252 Å². The molecule has 204 valence electrons. The molecule has 0 radical (unpaired) electrons. The zero-order chi connectivity index (χ0) is 28.9. The van der Waals surface area contributed by atoms with Gasteiger partial charge in [0.15, 0.2) is 0 Å². The van der Waals surface area contributed by atoms with Gasteiger partial charge in [0.2, 0.25) is 0 Å². The van der Waals surface area contributed by atoms with Gasteiger partial charge in [-0.25, -0.2) is 4.98 Å². The number of amides is 1. The van der Waals surface area contributed by atoms with Crippen LogP contribution in [0, 0.1) is 0 Å². The number of hydrogen-bond acceptors (Lipinski definition) is 4. The molecule has 0 aliphatic carbocycles. The molecule has 0 atom stereocenters. The van der Waals surface area contributed by atoms with Crippen LogP contribution in [-0.4, -0.2) is 28.3 Å². The van der Waals surface area contributed by atoms with E-state index < -0.39 is 0 Å². The SMILES string of the molecule is O=C(Nc1ccc(-c2nc3ccc(N=Cc4ccc(Cl)cc4)cc3[nH]2)cc1)c1ccc(N=Cc2ccc(Cl)cc2)cc1. The second-order valence-electron chi connectivity index (χ2n) is 9.48. The van der Waals surface area contributed by atoms with Crippen LogP contribution in [-0.2, 0) is 0 Å². The Morgan fingerprint density at radius 2 is 1.26 bits per heavy atom. The van der Waals surface area contributed by atoms with Gasteiger partial charge in [-0.3, -0.25) is 14.8 Å². The molecule has 0 unspecified atom stereocenters. The Kier molecular flexibility index (Phi) is 7.90. The summed E-state index contributed by atoms with van der Waals surface area (Å²) >= 11 is 11.9. The Morgan fingerprint density at radius 1 is 0.690 bits per heavy atom. The van der Waals surface area contributed by atoms with Gasteiger partial charge in [0.25, 0.3) is 5.91 Å². The fourth-order valence-electron chi connectivity index (χ4n) is 4.22. The van der Waals surface area contributed by atoms with Crippen LogP contribution in [0.2, 0.25) is 10.0 Å². The second-order valence-corrected chi connectivity index (χ2v) is 10.4. The number of fused-ring (bicyclic) bond motifs is 1. The lowest BCUT2D eigenvalue weighted by Gasteiger charge is -2.06. The lowest BCUT2D eigenvalue weighted by molar-refractivity contribution is 0.102. The minimum Gasteiger partial charge on any atom is -0.338 e. The largest absolute Gasteiger partial charge is 0.338 e. The van der Waals surface area contributed by atoms with Gasteiger partial charge in [0.05, 0.1) is 22.4 Å². The highest BCUT2D eigenvalue weighted by molar-refractivity contribution is 6.30. The molecule has 0 saturated carbocycles. The maximum absolute atomic E-state index is 12.8. The zero-order valence-electron chi connectivity index (χ0n) is 22.1. The molecule has 0 spiro atoms. The fraction of sp³-hybridized carbons (Fsp3) is 0. The van der Waals surface area contributed by atoms with Crippen molar-refractivity contribution in [3.63, 3.8) is 0 Å². The van der Waals surface area contributed by atoms with Crippen LogP contribution in [0.25, 0.3) is 22.4 Å². The van der Waals surface area contributed by atoms with E-state index in [1.165, 1.54) is 0 Å². The highest BCUT2D eigenvalue weighted by atomic mass is 35.5. The van der Waals surface area contributed by atoms with Gasteiger partial charge in [0.1, 0.15) is 5.82 Å². The molecule has 0 aliphatic rings. The number of carbonyl (C=O) groups excluding carboxylic acids is 1. The van der Waals surface area contributed by atoms with Gasteiger partial charge in [0, 0.05) is 39.3 Å². The highest BCUT2D eigenvalue weighted by Crippen LogP contribution is 2.25. The number of rotatable bonds is 7. The first-order chi connectivity index (χ1) is 20.5. The summed E-state index contributed by atoms with van der Waals surface area (Å²) in [7, 11) is 0. The van der Waals surface area contributed by atoms with Crippen LogP contribution in [0.4, 0.5) is 17.1 Å². The molecule has 1 heterocycles. The number of aromatic nitrogens is 2. The van der Waals surface area contributed by atoms with Crippen molar-refractivity contribution in [1.29, 1.82) is 0 Å². The van der Waals surface area contributed by atoms with E-state index in [0.29, 0.717) is 21.3 Å². The van der Waals surface area contributed by atoms with Crippen molar-refractivity contribution in [1.82, 2.24) is 9.97 Å². The van der Waals surface area contributed by atoms with E-state index in [4.69, 9.17) is 28.2 Å². The lowest BCUT2D eigenvalue weighted by atomic mass is 10.1. The number of aliphatic imine (C=N–C) groups is 2. The number of carbonyl (C=O) groups is 1. The van der Waals surface area contributed by atoms with Crippen molar-refractivity contribution in [2.45, 2.75) is 0 Å². The monoisotopic (exact) mass is 587 g/mol. The molecule has 2 N–H and O–H groups in total. The molecule has 0 aliphatic heterocycles. The van der Waals surface area contributed by atoms with Crippen LogP contribution in [0.3, 0.4) is 0 Å². The number of nitrogens with one attached hydrogen (secondary N) is 2. The fourth-order valence-corrected chi connectivity index (χ4v) is 4.48. The number of halogens is 2. The maximum atomic E-state index is 12.8. The standard InChI is InChI=1S/C34H23Cl2N5O/c35-26-9-1-22(2-10-26)20-37-28-13-7-25(8-14-28)34(42)39-29-15-5-24(6-16-29)33-40-31-18-17-30(19-32(31)41-33)38-21-23-3-11-27(36)12-4-23/h1-21H,(H,39,42)(H,40,41). The summed E-state index contributed by atoms with van der Waals surface area (Å²) < 4.78 is 0. The number of imidazole rings is 1. The van der Waals surface area contributed by atoms with Crippen LogP contribution >= 0.6 is 23.2 Å². The van der Waals surface area contributed by atoms with Crippen molar-refractivity contribution < 1.29 is 4.79 Å². The van der Waals surface area contributed by atoms with E-state index >= 15 is 0 Å². The quantitative estimate of drug-likeness (QED) is 0.182. The number of anilines is 1. The van der Waals surface area contributed by atoms with E-state index in [2.05, 4.69) is 20.3 Å². The van der Waals surface area contributed by atoms with E-state index in [9.17, 15) is 4.79 Å². The van der Waals surface area contributed by atoms with Crippen LogP contribution in [0.1, 0.15) is 21.5 Å². The highest BCUT2D eigenvalue weighted by Gasteiger charge is 2.09. The maximum Gasteiger partial charge on any atom is 0.255 e. The Hall–Kier alpha value is -5.04. The van der Waals surface area contributed by atoms with E-state index in [0.717, 1.165) is 44.9 Å². The third kappa shape index (κ3) is 6.63. The van der Waals surface area contributed by atoms with Crippen molar-refractivity contribution in [3.05, 3.63) is 142 Å². The van der Waals surface area contributed by atoms with Crippen molar-refractivity contribution in [3.8, 4) is 11.4 Å². The van der Waals surface area contributed by atoms with E-state index in [-0.39, 0.29) is 5.91 Å². The molecule has 6 aromatic rings. The summed E-state index contributed by atoms with van der Waals surface area (Å²) in [5.74, 6) is 0.530. The van der Waals surface area contributed by atoms with Crippen LogP contribution < -0.4 is 5.32 Å². The first kappa shape index (κ1) is 27.1. The average molecular weight is 588 g/mol. The Balaban J connectivity index is 1.09.